The molecule has 1 aliphatic heterocycles. The van der Waals surface area contributed by atoms with Crippen molar-refractivity contribution in [2.24, 2.45) is 0 Å². The molecule has 7 heteroatoms. The molecule has 1 fully saturated rings. The molecule has 2 aromatic rings. The summed E-state index contributed by atoms with van der Waals surface area (Å²) in [5.41, 5.74) is 1.76. The number of nitriles is 1. The molecule has 2 amide bonds. The summed E-state index contributed by atoms with van der Waals surface area (Å²) in [6.07, 6.45) is 1.63. The minimum Gasteiger partial charge on any atom is -0.497 e. The molecule has 27 heavy (non-hydrogen) atoms. The first-order valence-electron chi connectivity index (χ1n) is 8.02. The van der Waals surface area contributed by atoms with Gasteiger partial charge in [-0.1, -0.05) is 18.2 Å². The fourth-order valence-electron chi connectivity index (χ4n) is 2.64. The van der Waals surface area contributed by atoms with Gasteiger partial charge in [-0.3, -0.25) is 14.5 Å². The summed E-state index contributed by atoms with van der Waals surface area (Å²) in [5, 5.41) is 8.82. The van der Waals surface area contributed by atoms with Crippen LogP contribution < -0.4 is 9.47 Å². The Labute approximate surface area is 161 Å². The van der Waals surface area contributed by atoms with Gasteiger partial charge in [0.1, 0.15) is 11.5 Å². The van der Waals surface area contributed by atoms with Gasteiger partial charge in [-0.2, -0.15) is 5.26 Å². The van der Waals surface area contributed by atoms with Crippen molar-refractivity contribution in [3.8, 4) is 17.6 Å². The van der Waals surface area contributed by atoms with E-state index in [1.165, 1.54) is 0 Å². The molecule has 0 aromatic heterocycles. The van der Waals surface area contributed by atoms with Crippen LogP contribution in [0.2, 0.25) is 0 Å². The number of benzene rings is 2. The zero-order valence-electron chi connectivity index (χ0n) is 14.8. The molecular formula is C20H16N2O4S. The summed E-state index contributed by atoms with van der Waals surface area (Å²) in [6, 6.07) is 14.2. The van der Waals surface area contributed by atoms with Crippen molar-refractivity contribution in [2.45, 2.75) is 6.54 Å². The SMILES string of the molecule is COc1cc(/C=C2/SC(=O)N(Cc3ccccc3C#N)C2=O)cc(OC)c1. The third kappa shape index (κ3) is 3.96. The van der Waals surface area contributed by atoms with Gasteiger partial charge in [-0.15, -0.1) is 0 Å². The van der Waals surface area contributed by atoms with Crippen LogP contribution in [0.4, 0.5) is 4.79 Å². The van der Waals surface area contributed by atoms with E-state index in [0.717, 1.165) is 16.7 Å². The van der Waals surface area contributed by atoms with Crippen molar-refractivity contribution in [2.75, 3.05) is 14.2 Å². The molecule has 1 heterocycles. The number of carbonyl (C=O) groups is 2. The molecule has 0 N–H and O–H groups in total. The van der Waals surface area contributed by atoms with Gasteiger partial charge >= 0.3 is 0 Å². The van der Waals surface area contributed by atoms with Crippen molar-refractivity contribution in [3.63, 3.8) is 0 Å². The Morgan fingerprint density at radius 2 is 1.78 bits per heavy atom. The number of nitrogens with zero attached hydrogens (tertiary/aromatic N) is 2. The fraction of sp³-hybridized carbons (Fsp3) is 0.150. The largest absolute Gasteiger partial charge is 0.497 e. The van der Waals surface area contributed by atoms with Gasteiger partial charge in [0.05, 0.1) is 37.3 Å². The van der Waals surface area contributed by atoms with Crippen LogP contribution in [-0.2, 0) is 11.3 Å². The van der Waals surface area contributed by atoms with Gasteiger partial charge in [0.25, 0.3) is 11.1 Å². The van der Waals surface area contributed by atoms with Crippen molar-refractivity contribution in [1.82, 2.24) is 4.90 Å². The lowest BCUT2D eigenvalue weighted by molar-refractivity contribution is -0.123. The lowest BCUT2D eigenvalue weighted by Crippen LogP contribution is -2.27. The summed E-state index contributed by atoms with van der Waals surface area (Å²) >= 11 is 0.870. The Morgan fingerprint density at radius 3 is 2.41 bits per heavy atom. The van der Waals surface area contributed by atoms with Gasteiger partial charge in [0.2, 0.25) is 0 Å². The second-order valence-electron chi connectivity index (χ2n) is 5.68. The zero-order chi connectivity index (χ0) is 19.4. The van der Waals surface area contributed by atoms with Crippen LogP contribution in [0.1, 0.15) is 16.7 Å². The highest BCUT2D eigenvalue weighted by Gasteiger charge is 2.35. The van der Waals surface area contributed by atoms with E-state index in [9.17, 15) is 14.9 Å². The first kappa shape index (κ1) is 18.5. The number of hydrogen-bond acceptors (Lipinski definition) is 6. The number of ether oxygens (including phenoxy) is 2. The molecular weight excluding hydrogens is 364 g/mol. The van der Waals surface area contributed by atoms with Gasteiger partial charge in [-0.05, 0) is 47.2 Å². The first-order valence-corrected chi connectivity index (χ1v) is 8.84. The highest BCUT2D eigenvalue weighted by Crippen LogP contribution is 2.34. The van der Waals surface area contributed by atoms with Gasteiger partial charge in [0, 0.05) is 6.07 Å². The summed E-state index contributed by atoms with van der Waals surface area (Å²) in [5.74, 6) is 0.782. The Morgan fingerprint density at radius 1 is 1.11 bits per heavy atom. The van der Waals surface area contributed by atoms with E-state index >= 15 is 0 Å². The molecule has 3 rings (SSSR count). The predicted octanol–water partition coefficient (Wildman–Crippen LogP) is 3.81. The van der Waals surface area contributed by atoms with Crippen molar-refractivity contribution >= 4 is 29.0 Å². The summed E-state index contributed by atoms with van der Waals surface area (Å²) in [6.45, 7) is 0.0627. The maximum Gasteiger partial charge on any atom is 0.293 e. The smallest absolute Gasteiger partial charge is 0.293 e. The molecule has 0 atom stereocenters. The summed E-state index contributed by atoms with van der Waals surface area (Å²) in [7, 11) is 3.08. The normalized spacial score (nSPS) is 15.1. The van der Waals surface area contributed by atoms with Crippen LogP contribution in [0, 0.1) is 11.3 Å². The van der Waals surface area contributed by atoms with E-state index in [2.05, 4.69) is 6.07 Å². The maximum absolute atomic E-state index is 12.7. The average molecular weight is 380 g/mol. The molecule has 1 saturated heterocycles. The monoisotopic (exact) mass is 380 g/mol. The molecule has 2 aromatic carbocycles. The Hall–Kier alpha value is -3.24. The predicted molar refractivity (Wildman–Crippen MR) is 102 cm³/mol. The van der Waals surface area contributed by atoms with Crippen LogP contribution in [-0.4, -0.2) is 30.3 Å². The van der Waals surface area contributed by atoms with Crippen molar-refractivity contribution < 1.29 is 19.1 Å². The molecule has 0 aliphatic carbocycles. The fourth-order valence-corrected chi connectivity index (χ4v) is 3.48. The number of carbonyl (C=O) groups excluding carboxylic acids is 2. The molecule has 136 valence electrons. The quantitative estimate of drug-likeness (QED) is 0.734. The molecule has 0 spiro atoms. The zero-order valence-corrected chi connectivity index (χ0v) is 15.6. The van der Waals surface area contributed by atoms with E-state index in [4.69, 9.17) is 9.47 Å². The van der Waals surface area contributed by atoms with E-state index in [0.29, 0.717) is 33.1 Å². The molecule has 0 unspecified atom stereocenters. The maximum atomic E-state index is 12.7. The topological polar surface area (TPSA) is 79.6 Å². The third-order valence-electron chi connectivity index (χ3n) is 4.01. The van der Waals surface area contributed by atoms with Gasteiger partial charge in [-0.25, -0.2) is 0 Å². The van der Waals surface area contributed by atoms with Crippen molar-refractivity contribution in [3.05, 3.63) is 64.1 Å². The highest BCUT2D eigenvalue weighted by molar-refractivity contribution is 8.18. The van der Waals surface area contributed by atoms with E-state index < -0.39 is 0 Å². The second-order valence-corrected chi connectivity index (χ2v) is 6.68. The minimum atomic E-state index is -0.389. The molecule has 0 radical (unpaired) electrons. The number of hydrogen-bond donors (Lipinski definition) is 0. The van der Waals surface area contributed by atoms with Gasteiger partial charge in [0.15, 0.2) is 0 Å². The molecule has 1 aliphatic rings. The molecule has 6 nitrogen and oxygen atoms in total. The van der Waals surface area contributed by atoms with Gasteiger partial charge < -0.3 is 9.47 Å². The second kappa shape index (κ2) is 7.98. The van der Waals surface area contributed by atoms with Crippen LogP contribution in [0.25, 0.3) is 6.08 Å². The lowest BCUT2D eigenvalue weighted by Gasteiger charge is -2.13. The van der Waals surface area contributed by atoms with E-state index in [-0.39, 0.29) is 17.7 Å². The summed E-state index contributed by atoms with van der Waals surface area (Å²) in [4.78, 5) is 26.5. The summed E-state index contributed by atoms with van der Waals surface area (Å²) < 4.78 is 10.5. The number of amides is 2. The van der Waals surface area contributed by atoms with Crippen LogP contribution >= 0.6 is 11.8 Å². The van der Waals surface area contributed by atoms with E-state index in [1.807, 2.05) is 0 Å². The van der Waals surface area contributed by atoms with Crippen molar-refractivity contribution in [1.29, 1.82) is 5.26 Å². The molecule has 0 bridgehead atoms. The Bertz CT molecular complexity index is 956. The number of imide groups is 1. The van der Waals surface area contributed by atoms with Crippen LogP contribution in [0.3, 0.4) is 0 Å². The number of rotatable bonds is 5. The average Bonchev–Trinajstić information content (AvgIpc) is 2.95. The highest BCUT2D eigenvalue weighted by atomic mass is 32.2. The number of methoxy groups -OCH3 is 2. The Kier molecular flexibility index (Phi) is 5.48. The number of thioether (sulfide) groups is 1. The standard InChI is InChI=1S/C20H16N2O4S/c1-25-16-7-13(8-17(10-16)26-2)9-18-19(23)22(20(24)27-18)12-15-6-4-3-5-14(15)11-21/h3-10H,12H2,1-2H3/b18-9+. The minimum absolute atomic E-state index is 0.0627. The van der Waals surface area contributed by atoms with Crippen LogP contribution in [0.5, 0.6) is 11.5 Å². The third-order valence-corrected chi connectivity index (χ3v) is 4.92. The molecule has 0 saturated carbocycles. The first-order chi connectivity index (χ1) is 13.0. The lowest BCUT2D eigenvalue weighted by atomic mass is 10.1. The van der Waals surface area contributed by atoms with Crippen LogP contribution in [0.15, 0.2) is 47.4 Å². The Balaban J connectivity index is 1.88. The van der Waals surface area contributed by atoms with E-state index in [1.54, 1.807) is 62.8 Å².